The van der Waals surface area contributed by atoms with E-state index in [0.29, 0.717) is 17.7 Å². The SMILES string of the molecule is N#Cc1cc(F)cc(CNCC(=O)N2CCCCC2)c1. The number of carbonyl (C=O) groups excluding carboxylic acids is 1. The number of nitriles is 1. The summed E-state index contributed by atoms with van der Waals surface area (Å²) >= 11 is 0. The van der Waals surface area contributed by atoms with Crippen LogP contribution in [0.15, 0.2) is 18.2 Å². The van der Waals surface area contributed by atoms with Crippen LogP contribution in [0, 0.1) is 17.1 Å². The van der Waals surface area contributed by atoms with Crippen LogP contribution in [0.1, 0.15) is 30.4 Å². The molecule has 0 aromatic heterocycles. The van der Waals surface area contributed by atoms with E-state index in [4.69, 9.17) is 5.26 Å². The standard InChI is InChI=1S/C15H18FN3O/c16-14-7-12(9-17)6-13(8-14)10-18-11-15(20)19-4-2-1-3-5-19/h6-8,18H,1-5,10-11H2. The van der Waals surface area contributed by atoms with Crippen molar-refractivity contribution in [3.63, 3.8) is 0 Å². The monoisotopic (exact) mass is 275 g/mol. The maximum absolute atomic E-state index is 13.2. The van der Waals surface area contributed by atoms with Gasteiger partial charge in [0.15, 0.2) is 0 Å². The fourth-order valence-corrected chi connectivity index (χ4v) is 2.39. The number of piperidine rings is 1. The van der Waals surface area contributed by atoms with Gasteiger partial charge in [-0.05, 0) is 43.0 Å². The number of hydrogen-bond acceptors (Lipinski definition) is 3. The summed E-state index contributed by atoms with van der Waals surface area (Å²) in [5.74, 6) is -0.343. The van der Waals surface area contributed by atoms with E-state index in [-0.39, 0.29) is 12.5 Å². The zero-order valence-corrected chi connectivity index (χ0v) is 11.4. The number of rotatable bonds is 4. The number of halogens is 1. The van der Waals surface area contributed by atoms with Gasteiger partial charge in [-0.3, -0.25) is 4.79 Å². The molecule has 1 aliphatic rings. The highest BCUT2D eigenvalue weighted by Gasteiger charge is 2.15. The number of nitrogens with one attached hydrogen (secondary N) is 1. The molecular weight excluding hydrogens is 257 g/mol. The zero-order valence-electron chi connectivity index (χ0n) is 11.4. The molecule has 0 atom stereocenters. The average Bonchev–Trinajstić information content (AvgIpc) is 2.47. The summed E-state index contributed by atoms with van der Waals surface area (Å²) in [6, 6.07) is 6.11. The van der Waals surface area contributed by atoms with Crippen LogP contribution in [-0.4, -0.2) is 30.4 Å². The van der Waals surface area contributed by atoms with E-state index in [9.17, 15) is 9.18 Å². The average molecular weight is 275 g/mol. The molecule has 5 heteroatoms. The highest BCUT2D eigenvalue weighted by atomic mass is 19.1. The molecule has 2 rings (SSSR count). The molecule has 1 aromatic carbocycles. The lowest BCUT2D eigenvalue weighted by atomic mass is 10.1. The first kappa shape index (κ1) is 14.5. The van der Waals surface area contributed by atoms with E-state index in [1.165, 1.54) is 18.6 Å². The minimum Gasteiger partial charge on any atom is -0.342 e. The smallest absolute Gasteiger partial charge is 0.236 e. The number of amides is 1. The maximum Gasteiger partial charge on any atom is 0.236 e. The van der Waals surface area contributed by atoms with Gasteiger partial charge in [0.05, 0.1) is 18.2 Å². The Labute approximate surface area is 118 Å². The number of hydrogen-bond donors (Lipinski definition) is 1. The number of nitrogens with zero attached hydrogens (tertiary/aromatic N) is 2. The van der Waals surface area contributed by atoms with Crippen LogP contribution < -0.4 is 5.32 Å². The van der Waals surface area contributed by atoms with E-state index in [1.54, 1.807) is 6.07 Å². The highest BCUT2D eigenvalue weighted by molar-refractivity contribution is 5.78. The summed E-state index contributed by atoms with van der Waals surface area (Å²) in [6.45, 7) is 2.29. The summed E-state index contributed by atoms with van der Waals surface area (Å²) in [7, 11) is 0. The molecule has 20 heavy (non-hydrogen) atoms. The largest absolute Gasteiger partial charge is 0.342 e. The molecule has 1 saturated heterocycles. The predicted octanol–water partition coefficient (Wildman–Crippen LogP) is 1.80. The molecule has 0 radical (unpaired) electrons. The highest BCUT2D eigenvalue weighted by Crippen LogP contribution is 2.09. The number of likely N-dealkylation sites (tertiary alicyclic amines) is 1. The molecular formula is C15H18FN3O. The first-order valence-corrected chi connectivity index (χ1v) is 6.87. The summed E-state index contributed by atoms with van der Waals surface area (Å²) in [4.78, 5) is 13.8. The Morgan fingerprint density at radius 1 is 1.30 bits per heavy atom. The molecule has 0 bridgehead atoms. The molecule has 1 aliphatic heterocycles. The second-order valence-corrected chi connectivity index (χ2v) is 5.00. The summed E-state index contributed by atoms with van der Waals surface area (Å²) in [5.41, 5.74) is 0.970. The van der Waals surface area contributed by atoms with E-state index in [0.717, 1.165) is 25.9 Å². The minimum absolute atomic E-state index is 0.0848. The van der Waals surface area contributed by atoms with Gasteiger partial charge in [-0.15, -0.1) is 0 Å². The fraction of sp³-hybridized carbons (Fsp3) is 0.467. The van der Waals surface area contributed by atoms with Gasteiger partial charge in [0.2, 0.25) is 5.91 Å². The molecule has 0 unspecified atom stereocenters. The fourth-order valence-electron chi connectivity index (χ4n) is 2.39. The predicted molar refractivity (Wildman–Crippen MR) is 73.3 cm³/mol. The summed E-state index contributed by atoms with van der Waals surface area (Å²) < 4.78 is 13.2. The van der Waals surface area contributed by atoms with Crippen molar-refractivity contribution >= 4 is 5.91 Å². The van der Waals surface area contributed by atoms with Crippen LogP contribution in [0.25, 0.3) is 0 Å². The number of carbonyl (C=O) groups is 1. The third-order valence-electron chi connectivity index (χ3n) is 3.40. The van der Waals surface area contributed by atoms with E-state index in [2.05, 4.69) is 5.32 Å². The zero-order chi connectivity index (χ0) is 14.4. The van der Waals surface area contributed by atoms with Crippen molar-refractivity contribution in [2.75, 3.05) is 19.6 Å². The molecule has 1 heterocycles. The Hall–Kier alpha value is -1.93. The molecule has 4 nitrogen and oxygen atoms in total. The van der Waals surface area contributed by atoms with Crippen LogP contribution in [-0.2, 0) is 11.3 Å². The van der Waals surface area contributed by atoms with Crippen molar-refractivity contribution in [1.82, 2.24) is 10.2 Å². The molecule has 106 valence electrons. The van der Waals surface area contributed by atoms with Crippen LogP contribution in [0.5, 0.6) is 0 Å². The normalized spacial score (nSPS) is 14.9. The Balaban J connectivity index is 1.82. The Morgan fingerprint density at radius 3 is 2.75 bits per heavy atom. The lowest BCUT2D eigenvalue weighted by molar-refractivity contribution is -0.131. The van der Waals surface area contributed by atoms with Gasteiger partial charge in [0.25, 0.3) is 0 Å². The quantitative estimate of drug-likeness (QED) is 0.911. The lowest BCUT2D eigenvalue weighted by Crippen LogP contribution is -2.40. The Kier molecular flexibility index (Phi) is 5.08. The first-order chi connectivity index (χ1) is 9.69. The topological polar surface area (TPSA) is 56.1 Å². The van der Waals surface area contributed by atoms with Gasteiger partial charge >= 0.3 is 0 Å². The van der Waals surface area contributed by atoms with Crippen LogP contribution in [0.3, 0.4) is 0 Å². The van der Waals surface area contributed by atoms with Crippen molar-refractivity contribution in [3.05, 3.63) is 35.1 Å². The molecule has 1 amide bonds. The molecule has 1 aromatic rings. The molecule has 0 aliphatic carbocycles. The van der Waals surface area contributed by atoms with Crippen molar-refractivity contribution < 1.29 is 9.18 Å². The van der Waals surface area contributed by atoms with E-state index >= 15 is 0 Å². The Morgan fingerprint density at radius 2 is 2.05 bits per heavy atom. The van der Waals surface area contributed by atoms with Crippen molar-refractivity contribution in [3.8, 4) is 6.07 Å². The van der Waals surface area contributed by atoms with Gasteiger partial charge in [-0.1, -0.05) is 0 Å². The van der Waals surface area contributed by atoms with Crippen LogP contribution >= 0.6 is 0 Å². The van der Waals surface area contributed by atoms with E-state index in [1.807, 2.05) is 11.0 Å². The lowest BCUT2D eigenvalue weighted by Gasteiger charge is -2.26. The molecule has 1 N–H and O–H groups in total. The molecule has 0 spiro atoms. The third-order valence-corrected chi connectivity index (χ3v) is 3.40. The second kappa shape index (κ2) is 7.01. The van der Waals surface area contributed by atoms with Gasteiger partial charge in [0.1, 0.15) is 5.82 Å². The Bertz CT molecular complexity index is 518. The van der Waals surface area contributed by atoms with Gasteiger partial charge < -0.3 is 10.2 Å². The van der Waals surface area contributed by atoms with Crippen molar-refractivity contribution in [2.45, 2.75) is 25.8 Å². The summed E-state index contributed by atoms with van der Waals surface area (Å²) in [6.07, 6.45) is 3.33. The van der Waals surface area contributed by atoms with Gasteiger partial charge in [-0.25, -0.2) is 4.39 Å². The number of benzene rings is 1. The van der Waals surface area contributed by atoms with Gasteiger partial charge in [0, 0.05) is 19.6 Å². The van der Waals surface area contributed by atoms with Crippen LogP contribution in [0.4, 0.5) is 4.39 Å². The summed E-state index contributed by atoms with van der Waals surface area (Å²) in [5, 5.41) is 11.8. The van der Waals surface area contributed by atoms with E-state index < -0.39 is 5.82 Å². The second-order valence-electron chi connectivity index (χ2n) is 5.00. The van der Waals surface area contributed by atoms with Gasteiger partial charge in [-0.2, -0.15) is 5.26 Å². The van der Waals surface area contributed by atoms with Crippen molar-refractivity contribution in [2.24, 2.45) is 0 Å². The molecule has 0 saturated carbocycles. The maximum atomic E-state index is 13.2. The third kappa shape index (κ3) is 4.04. The van der Waals surface area contributed by atoms with Crippen LogP contribution in [0.2, 0.25) is 0 Å². The first-order valence-electron chi connectivity index (χ1n) is 6.87. The molecule has 1 fully saturated rings. The van der Waals surface area contributed by atoms with Crippen molar-refractivity contribution in [1.29, 1.82) is 5.26 Å². The minimum atomic E-state index is -0.428.